The second-order valence-electron chi connectivity index (χ2n) is 7.35. The summed E-state index contributed by atoms with van der Waals surface area (Å²) in [7, 11) is 0. The quantitative estimate of drug-likeness (QED) is 0.604. The van der Waals surface area contributed by atoms with E-state index < -0.39 is 5.54 Å². The lowest BCUT2D eigenvalue weighted by Crippen LogP contribution is -2.49. The number of carbonyl (C=O) groups excluding carboxylic acids is 1. The van der Waals surface area contributed by atoms with Crippen molar-refractivity contribution in [2.75, 3.05) is 5.75 Å². The Morgan fingerprint density at radius 1 is 1.26 bits per heavy atom. The summed E-state index contributed by atoms with van der Waals surface area (Å²) in [5, 5.41) is 13.6. The summed E-state index contributed by atoms with van der Waals surface area (Å²) in [5.74, 6) is -0.0418. The van der Waals surface area contributed by atoms with E-state index >= 15 is 0 Å². The number of aryl methyl sites for hydroxylation is 2. The van der Waals surface area contributed by atoms with Crippen molar-refractivity contribution in [3.63, 3.8) is 0 Å². The van der Waals surface area contributed by atoms with Crippen molar-refractivity contribution in [3.05, 3.63) is 20.8 Å². The first-order chi connectivity index (χ1) is 13.1. The van der Waals surface area contributed by atoms with Crippen molar-refractivity contribution in [2.24, 2.45) is 0 Å². The van der Waals surface area contributed by atoms with E-state index in [1.807, 2.05) is 0 Å². The Balaban J connectivity index is 1.47. The minimum Gasteiger partial charge on any atom is -0.337 e. The highest BCUT2D eigenvalue weighted by molar-refractivity contribution is 7.99. The molecule has 1 fully saturated rings. The number of H-pyrrole nitrogens is 1. The number of nitrogens with zero attached hydrogens (tertiary/aromatic N) is 2. The molecule has 2 aromatic rings. The molecule has 0 bridgehead atoms. The number of hydrogen-bond donors (Lipinski definition) is 2. The van der Waals surface area contributed by atoms with Crippen LogP contribution in [0.5, 0.6) is 0 Å². The molecular weight excluding hydrogens is 380 g/mol. The Morgan fingerprint density at radius 3 is 2.81 bits per heavy atom. The van der Waals surface area contributed by atoms with E-state index in [2.05, 4.69) is 21.4 Å². The number of fused-ring (bicyclic) bond motifs is 3. The number of hydrogen-bond acceptors (Lipinski definition) is 6. The first-order valence-corrected chi connectivity index (χ1v) is 11.3. The number of thioether (sulfide) groups is 1. The summed E-state index contributed by atoms with van der Waals surface area (Å²) < 4.78 is 0. The average Bonchev–Trinajstić information content (AvgIpc) is 3.06. The Morgan fingerprint density at radius 2 is 2.04 bits per heavy atom. The maximum absolute atomic E-state index is 12.5. The standard InChI is InChI=1S/C19H22N4O2S2/c20-11-19(8-4-1-5-9-19)23-14(24)10-26-18-21-16(25)15-12-6-2-3-7-13(12)27-17(15)22-18/h1-10H2,(H,23,24)(H,21,22,25). The number of rotatable bonds is 4. The van der Waals surface area contributed by atoms with Gasteiger partial charge in [0.05, 0.1) is 17.2 Å². The molecule has 0 saturated heterocycles. The summed E-state index contributed by atoms with van der Waals surface area (Å²) in [6.07, 6.45) is 8.73. The maximum atomic E-state index is 12.5. The topological polar surface area (TPSA) is 98.6 Å². The maximum Gasteiger partial charge on any atom is 0.260 e. The molecule has 0 unspecified atom stereocenters. The summed E-state index contributed by atoms with van der Waals surface area (Å²) >= 11 is 2.83. The first-order valence-electron chi connectivity index (χ1n) is 9.50. The highest BCUT2D eigenvalue weighted by atomic mass is 32.2. The second kappa shape index (κ2) is 7.64. The van der Waals surface area contributed by atoms with Gasteiger partial charge in [-0.05, 0) is 44.1 Å². The van der Waals surface area contributed by atoms with Gasteiger partial charge in [-0.1, -0.05) is 31.0 Å². The highest BCUT2D eigenvalue weighted by Crippen LogP contribution is 2.34. The lowest BCUT2D eigenvalue weighted by atomic mass is 9.83. The van der Waals surface area contributed by atoms with Crippen molar-refractivity contribution < 1.29 is 4.79 Å². The Kier molecular flexibility index (Phi) is 5.24. The van der Waals surface area contributed by atoms with Crippen molar-refractivity contribution in [1.82, 2.24) is 15.3 Å². The third kappa shape index (κ3) is 3.76. The highest BCUT2D eigenvalue weighted by Gasteiger charge is 2.33. The van der Waals surface area contributed by atoms with Crippen molar-refractivity contribution in [3.8, 4) is 6.07 Å². The molecule has 1 saturated carbocycles. The van der Waals surface area contributed by atoms with Gasteiger partial charge in [0.15, 0.2) is 5.16 Å². The van der Waals surface area contributed by atoms with Crippen molar-refractivity contribution in [1.29, 1.82) is 5.26 Å². The molecule has 0 radical (unpaired) electrons. The second-order valence-corrected chi connectivity index (χ2v) is 9.40. The molecule has 0 spiro atoms. The van der Waals surface area contributed by atoms with Crippen LogP contribution >= 0.6 is 23.1 Å². The molecule has 2 heterocycles. The number of amides is 1. The van der Waals surface area contributed by atoms with Gasteiger partial charge in [-0.2, -0.15) is 5.26 Å². The van der Waals surface area contributed by atoms with Crippen LogP contribution in [-0.2, 0) is 17.6 Å². The number of carbonyl (C=O) groups is 1. The van der Waals surface area contributed by atoms with Crippen LogP contribution in [0.25, 0.3) is 10.2 Å². The predicted octanol–water partition coefficient (Wildman–Crippen LogP) is 3.30. The Labute approximate surface area is 165 Å². The molecule has 142 valence electrons. The predicted molar refractivity (Wildman–Crippen MR) is 107 cm³/mol. The molecule has 0 atom stereocenters. The number of nitrogens with one attached hydrogen (secondary N) is 2. The Bertz CT molecular complexity index is 966. The average molecular weight is 403 g/mol. The summed E-state index contributed by atoms with van der Waals surface area (Å²) in [5.41, 5.74) is 0.327. The molecular formula is C19H22N4O2S2. The lowest BCUT2D eigenvalue weighted by molar-refractivity contribution is -0.120. The van der Waals surface area contributed by atoms with E-state index in [1.165, 1.54) is 23.1 Å². The largest absolute Gasteiger partial charge is 0.337 e. The van der Waals surface area contributed by atoms with Gasteiger partial charge < -0.3 is 10.3 Å². The van der Waals surface area contributed by atoms with E-state index in [0.29, 0.717) is 18.0 Å². The molecule has 2 aliphatic rings. The third-order valence-corrected chi connectivity index (χ3v) is 7.50. The minimum atomic E-state index is -0.729. The van der Waals surface area contributed by atoms with Gasteiger partial charge in [-0.25, -0.2) is 4.98 Å². The number of nitriles is 1. The molecule has 2 aliphatic carbocycles. The van der Waals surface area contributed by atoms with Crippen LogP contribution in [0.3, 0.4) is 0 Å². The number of aromatic nitrogens is 2. The molecule has 4 rings (SSSR count). The van der Waals surface area contributed by atoms with E-state index in [9.17, 15) is 14.9 Å². The number of aromatic amines is 1. The lowest BCUT2D eigenvalue weighted by Gasteiger charge is -2.31. The molecule has 0 aromatic carbocycles. The molecule has 2 aromatic heterocycles. The van der Waals surface area contributed by atoms with Crippen LogP contribution in [0.1, 0.15) is 55.4 Å². The molecule has 8 heteroatoms. The fraction of sp³-hybridized carbons (Fsp3) is 0.579. The third-order valence-electron chi connectivity index (χ3n) is 5.44. The SMILES string of the molecule is N#CC1(NC(=O)CSc2nc3sc4c(c3c(=O)[nH]2)CCCC4)CCCCC1. The molecule has 6 nitrogen and oxygen atoms in total. The van der Waals surface area contributed by atoms with Gasteiger partial charge in [-0.3, -0.25) is 9.59 Å². The summed E-state index contributed by atoms with van der Waals surface area (Å²) in [6.45, 7) is 0. The van der Waals surface area contributed by atoms with Gasteiger partial charge in [0.2, 0.25) is 5.91 Å². The normalized spacial score (nSPS) is 18.6. The first kappa shape index (κ1) is 18.5. The van der Waals surface area contributed by atoms with Crippen LogP contribution in [0.15, 0.2) is 9.95 Å². The van der Waals surface area contributed by atoms with E-state index in [0.717, 1.165) is 54.3 Å². The van der Waals surface area contributed by atoms with Crippen molar-refractivity contribution in [2.45, 2.75) is 68.5 Å². The van der Waals surface area contributed by atoms with Crippen LogP contribution in [0.4, 0.5) is 0 Å². The van der Waals surface area contributed by atoms with Gasteiger partial charge >= 0.3 is 0 Å². The molecule has 27 heavy (non-hydrogen) atoms. The zero-order valence-electron chi connectivity index (χ0n) is 15.1. The summed E-state index contributed by atoms with van der Waals surface area (Å²) in [4.78, 5) is 34.4. The Hall–Kier alpha value is -1.85. The fourth-order valence-electron chi connectivity index (χ4n) is 4.07. The van der Waals surface area contributed by atoms with Gasteiger partial charge in [-0.15, -0.1) is 11.3 Å². The zero-order chi connectivity index (χ0) is 18.9. The summed E-state index contributed by atoms with van der Waals surface area (Å²) in [6, 6.07) is 2.29. The molecule has 2 N–H and O–H groups in total. The van der Waals surface area contributed by atoms with Crippen LogP contribution in [0, 0.1) is 11.3 Å². The van der Waals surface area contributed by atoms with Crippen LogP contribution in [-0.4, -0.2) is 27.2 Å². The van der Waals surface area contributed by atoms with Crippen LogP contribution in [0.2, 0.25) is 0 Å². The monoisotopic (exact) mass is 402 g/mol. The number of thiophene rings is 1. The van der Waals surface area contributed by atoms with Crippen LogP contribution < -0.4 is 10.9 Å². The fourth-order valence-corrected chi connectivity index (χ4v) is 6.05. The minimum absolute atomic E-state index is 0.108. The van der Waals surface area contributed by atoms with Gasteiger partial charge in [0.1, 0.15) is 10.4 Å². The van der Waals surface area contributed by atoms with E-state index in [4.69, 9.17) is 0 Å². The smallest absolute Gasteiger partial charge is 0.260 e. The van der Waals surface area contributed by atoms with Crippen molar-refractivity contribution >= 4 is 39.2 Å². The zero-order valence-corrected chi connectivity index (χ0v) is 16.7. The molecule has 0 aliphatic heterocycles. The molecule has 1 amide bonds. The van der Waals surface area contributed by atoms with Gasteiger partial charge in [0.25, 0.3) is 5.56 Å². The van der Waals surface area contributed by atoms with E-state index in [1.54, 1.807) is 11.3 Å². The van der Waals surface area contributed by atoms with Gasteiger partial charge in [0, 0.05) is 4.88 Å². The van der Waals surface area contributed by atoms with E-state index in [-0.39, 0.29) is 17.2 Å².